The summed E-state index contributed by atoms with van der Waals surface area (Å²) in [6.45, 7) is 11.8. The lowest BCUT2D eigenvalue weighted by molar-refractivity contribution is -0.144. The molecule has 3 aliphatic rings. The van der Waals surface area contributed by atoms with Crippen molar-refractivity contribution in [2.45, 2.75) is 77.9 Å². The number of fused-ring (bicyclic) bond motifs is 1. The zero-order valence-corrected chi connectivity index (χ0v) is 24.1. The Morgan fingerprint density at radius 3 is 2.30 bits per heavy atom. The van der Waals surface area contributed by atoms with Crippen LogP contribution in [0.4, 0.5) is 5.95 Å². The maximum Gasteiger partial charge on any atom is 0.349 e. The Kier molecular flexibility index (Phi) is 7.10. The minimum absolute atomic E-state index is 0.00660. The van der Waals surface area contributed by atoms with E-state index < -0.39 is 0 Å². The van der Waals surface area contributed by atoms with Crippen molar-refractivity contribution in [3.63, 3.8) is 0 Å². The Hall–Kier alpha value is -3.33. The van der Waals surface area contributed by atoms with Gasteiger partial charge in [0.15, 0.2) is 5.65 Å². The van der Waals surface area contributed by atoms with Crippen molar-refractivity contribution in [1.29, 1.82) is 0 Å². The van der Waals surface area contributed by atoms with Gasteiger partial charge in [0.1, 0.15) is 0 Å². The summed E-state index contributed by atoms with van der Waals surface area (Å²) < 4.78 is 1.61. The van der Waals surface area contributed by atoms with E-state index in [-0.39, 0.29) is 23.7 Å². The lowest BCUT2D eigenvalue weighted by atomic mass is 9.71. The van der Waals surface area contributed by atoms with E-state index in [0.717, 1.165) is 37.5 Å². The Bertz CT molecular complexity index is 1430. The number of rotatable bonds is 8. The standard InChI is InChI=1S/C31H41N7O2/c1-20(2)38-28-26(17-33-30(38)40)16-32-29(35-28)34-21(3)24-7-9-25(10-8-24)27(15-23-5-6-23)36-13-11-31(12-14-36)18-37(19-31)22(4)39/h7-10,16-17,20-21,23,27H,5-6,11-15,18-19H2,1-4H3,(H,32,34,35)/t21-,27?/m0/s1. The summed E-state index contributed by atoms with van der Waals surface area (Å²) in [6, 6.07) is 9.47. The molecule has 212 valence electrons. The summed E-state index contributed by atoms with van der Waals surface area (Å²) in [6.07, 6.45) is 9.57. The van der Waals surface area contributed by atoms with Gasteiger partial charge in [-0.3, -0.25) is 14.3 Å². The molecular weight excluding hydrogens is 502 g/mol. The highest BCUT2D eigenvalue weighted by Crippen LogP contribution is 2.45. The first kappa shape index (κ1) is 26.9. The Labute approximate surface area is 236 Å². The highest BCUT2D eigenvalue weighted by molar-refractivity contribution is 5.74. The summed E-state index contributed by atoms with van der Waals surface area (Å²) in [7, 11) is 0. The third kappa shape index (κ3) is 5.36. The number of anilines is 1. The number of nitrogens with zero attached hydrogens (tertiary/aromatic N) is 6. The Balaban J connectivity index is 1.14. The maximum absolute atomic E-state index is 12.3. The molecule has 0 bridgehead atoms. The van der Waals surface area contributed by atoms with E-state index >= 15 is 0 Å². The second-order valence-corrected chi connectivity index (χ2v) is 12.6. The van der Waals surface area contributed by atoms with Crippen LogP contribution < -0.4 is 11.0 Å². The molecule has 40 heavy (non-hydrogen) atoms. The third-order valence-corrected chi connectivity index (χ3v) is 9.28. The molecule has 2 atom stereocenters. The van der Waals surface area contributed by atoms with Gasteiger partial charge in [0.05, 0.1) is 11.4 Å². The number of hydrogen-bond donors (Lipinski definition) is 1. The van der Waals surface area contributed by atoms with E-state index in [1.165, 1.54) is 49.4 Å². The van der Waals surface area contributed by atoms with E-state index in [2.05, 4.69) is 56.4 Å². The summed E-state index contributed by atoms with van der Waals surface area (Å²) in [5, 5.41) is 4.17. The molecule has 6 rings (SSSR count). The van der Waals surface area contributed by atoms with Crippen LogP contribution >= 0.6 is 0 Å². The molecule has 2 aliphatic heterocycles. The Morgan fingerprint density at radius 2 is 1.68 bits per heavy atom. The van der Waals surface area contributed by atoms with Crippen LogP contribution in [0.25, 0.3) is 11.0 Å². The molecule has 4 heterocycles. The largest absolute Gasteiger partial charge is 0.349 e. The van der Waals surface area contributed by atoms with Crippen molar-refractivity contribution >= 4 is 22.9 Å². The summed E-state index contributed by atoms with van der Waals surface area (Å²) in [4.78, 5) is 41.9. The summed E-state index contributed by atoms with van der Waals surface area (Å²) in [5.41, 5.74) is 3.21. The molecule has 1 unspecified atom stereocenters. The minimum atomic E-state index is -0.300. The predicted molar refractivity (Wildman–Crippen MR) is 156 cm³/mol. The van der Waals surface area contributed by atoms with Gasteiger partial charge in [0.25, 0.3) is 0 Å². The molecule has 2 saturated heterocycles. The fourth-order valence-electron chi connectivity index (χ4n) is 6.54. The van der Waals surface area contributed by atoms with E-state index in [1.807, 2.05) is 18.7 Å². The van der Waals surface area contributed by atoms with Crippen molar-refractivity contribution in [2.75, 3.05) is 31.5 Å². The SMILES string of the molecule is CC(=O)N1CC2(CCN(C(CC3CC3)c3ccc([C@H](C)Nc4ncc5cnc(=O)n(C(C)C)c5n4)cc3)CC2)C1. The number of piperidine rings is 1. The highest BCUT2D eigenvalue weighted by Gasteiger charge is 2.46. The van der Waals surface area contributed by atoms with E-state index in [1.54, 1.807) is 17.7 Å². The topological polar surface area (TPSA) is 96.3 Å². The van der Waals surface area contributed by atoms with Crippen LogP contribution in [-0.4, -0.2) is 61.4 Å². The highest BCUT2D eigenvalue weighted by atomic mass is 16.2. The maximum atomic E-state index is 12.3. The predicted octanol–water partition coefficient (Wildman–Crippen LogP) is 4.73. The lowest BCUT2D eigenvalue weighted by Gasteiger charge is -2.54. The molecule has 9 nitrogen and oxygen atoms in total. The van der Waals surface area contributed by atoms with Crippen LogP contribution in [0.5, 0.6) is 0 Å². The average molecular weight is 544 g/mol. The van der Waals surface area contributed by atoms with Crippen LogP contribution in [0, 0.1) is 11.3 Å². The molecule has 1 amide bonds. The Morgan fingerprint density at radius 1 is 1.02 bits per heavy atom. The zero-order chi connectivity index (χ0) is 28.0. The normalized spacial score (nSPS) is 20.5. The van der Waals surface area contributed by atoms with E-state index in [9.17, 15) is 9.59 Å². The quantitative estimate of drug-likeness (QED) is 0.439. The first-order valence-corrected chi connectivity index (χ1v) is 14.8. The molecule has 1 saturated carbocycles. The van der Waals surface area contributed by atoms with Gasteiger partial charge in [-0.05, 0) is 70.2 Å². The van der Waals surface area contributed by atoms with Crippen LogP contribution in [0.1, 0.15) is 89.1 Å². The molecule has 0 radical (unpaired) electrons. The monoisotopic (exact) mass is 543 g/mol. The molecule has 3 aromatic rings. The molecule has 1 aromatic carbocycles. The van der Waals surface area contributed by atoms with Gasteiger partial charge in [-0.2, -0.15) is 4.98 Å². The van der Waals surface area contributed by atoms with Crippen LogP contribution in [-0.2, 0) is 4.79 Å². The molecule has 1 spiro atoms. The van der Waals surface area contributed by atoms with Gasteiger partial charge in [0.2, 0.25) is 11.9 Å². The smallest absolute Gasteiger partial charge is 0.348 e. The van der Waals surface area contributed by atoms with Gasteiger partial charge in [-0.25, -0.2) is 14.8 Å². The first-order chi connectivity index (χ1) is 19.2. The van der Waals surface area contributed by atoms with Gasteiger partial charge in [0, 0.05) is 49.9 Å². The van der Waals surface area contributed by atoms with Gasteiger partial charge < -0.3 is 10.2 Å². The third-order valence-electron chi connectivity index (χ3n) is 9.28. The first-order valence-electron chi connectivity index (χ1n) is 14.8. The van der Waals surface area contributed by atoms with Crippen LogP contribution in [0.2, 0.25) is 0 Å². The number of amides is 1. The second kappa shape index (κ2) is 10.6. The summed E-state index contributed by atoms with van der Waals surface area (Å²) in [5.74, 6) is 1.56. The van der Waals surface area contributed by atoms with Crippen molar-refractivity contribution in [1.82, 2.24) is 29.3 Å². The molecule has 1 N–H and O–H groups in total. The number of hydrogen-bond acceptors (Lipinski definition) is 7. The van der Waals surface area contributed by atoms with Crippen molar-refractivity contribution in [2.24, 2.45) is 11.3 Å². The molecular formula is C31H41N7O2. The summed E-state index contributed by atoms with van der Waals surface area (Å²) >= 11 is 0. The van der Waals surface area contributed by atoms with Crippen molar-refractivity contribution in [3.8, 4) is 0 Å². The van der Waals surface area contributed by atoms with Crippen LogP contribution in [0.3, 0.4) is 0 Å². The van der Waals surface area contributed by atoms with Crippen LogP contribution in [0.15, 0.2) is 41.5 Å². The number of nitrogens with one attached hydrogen (secondary N) is 1. The van der Waals surface area contributed by atoms with Gasteiger partial charge >= 0.3 is 5.69 Å². The molecule has 9 heteroatoms. The number of carbonyl (C=O) groups excluding carboxylic acids is 1. The van der Waals surface area contributed by atoms with Crippen molar-refractivity contribution < 1.29 is 4.79 Å². The fraction of sp³-hybridized carbons (Fsp3) is 0.581. The van der Waals surface area contributed by atoms with E-state index in [4.69, 9.17) is 0 Å². The molecule has 2 aromatic heterocycles. The number of likely N-dealkylation sites (tertiary alicyclic amines) is 2. The lowest BCUT2D eigenvalue weighted by Crippen LogP contribution is -2.61. The second-order valence-electron chi connectivity index (χ2n) is 12.6. The minimum Gasteiger partial charge on any atom is -0.348 e. The molecule has 3 fully saturated rings. The average Bonchev–Trinajstić information content (AvgIpc) is 3.74. The van der Waals surface area contributed by atoms with Gasteiger partial charge in [-0.1, -0.05) is 37.1 Å². The van der Waals surface area contributed by atoms with Gasteiger partial charge in [-0.15, -0.1) is 0 Å². The van der Waals surface area contributed by atoms with Crippen molar-refractivity contribution in [3.05, 3.63) is 58.3 Å². The number of carbonyl (C=O) groups is 1. The number of aromatic nitrogens is 4. The fourth-order valence-corrected chi connectivity index (χ4v) is 6.54. The molecule has 1 aliphatic carbocycles. The number of benzene rings is 1. The van der Waals surface area contributed by atoms with E-state index in [0.29, 0.717) is 23.1 Å². The zero-order valence-electron chi connectivity index (χ0n) is 24.1.